The molecule has 1 rings (SSSR count). The van der Waals surface area contributed by atoms with Gasteiger partial charge in [-0.2, -0.15) is 13.2 Å². The fourth-order valence-electron chi connectivity index (χ4n) is 1.52. The molecule has 0 saturated heterocycles. The van der Waals surface area contributed by atoms with Gasteiger partial charge in [-0.1, -0.05) is 60.8 Å². The third-order valence-electron chi connectivity index (χ3n) is 2.67. The number of para-hydroxylation sites is 1. The van der Waals surface area contributed by atoms with Crippen LogP contribution in [0.15, 0.2) is 24.3 Å². The number of amides is 1. The summed E-state index contributed by atoms with van der Waals surface area (Å²) < 4.78 is 36.8. The summed E-state index contributed by atoms with van der Waals surface area (Å²) in [5.41, 5.74) is -1.22. The first-order chi connectivity index (χ1) is 9.93. The van der Waals surface area contributed by atoms with Crippen LogP contribution in [0.2, 0.25) is 0 Å². The summed E-state index contributed by atoms with van der Waals surface area (Å²) in [5.74, 6) is -0.886. The van der Waals surface area contributed by atoms with Gasteiger partial charge in [0.05, 0.1) is 5.56 Å². The molecule has 124 valence electrons. The van der Waals surface area contributed by atoms with E-state index in [1.165, 1.54) is 18.2 Å². The van der Waals surface area contributed by atoms with E-state index in [1.54, 1.807) is 13.8 Å². The predicted octanol–water partition coefficient (Wildman–Crippen LogP) is 4.59. The first-order valence-corrected chi connectivity index (χ1v) is 7.36. The maximum atomic E-state index is 13.0. The molecule has 0 aromatic heterocycles. The number of carbonyl (C=O) groups excluding carboxylic acids is 1. The number of rotatable bonds is 4. The Bertz CT molecular complexity index is 530. The van der Waals surface area contributed by atoms with Gasteiger partial charge in [-0.15, -0.1) is 0 Å². The minimum absolute atomic E-state index is 0.296. The Hall–Kier alpha value is -0.850. The third kappa shape index (κ3) is 5.41. The molecule has 1 aromatic rings. The number of benzene rings is 1. The molecule has 1 atom stereocenters. The van der Waals surface area contributed by atoms with E-state index in [2.05, 4.69) is 10.6 Å². The Kier molecular flexibility index (Phi) is 6.24. The lowest BCUT2D eigenvalue weighted by Crippen LogP contribution is -2.50. The van der Waals surface area contributed by atoms with Gasteiger partial charge < -0.3 is 10.6 Å². The van der Waals surface area contributed by atoms with E-state index in [9.17, 15) is 18.0 Å². The van der Waals surface area contributed by atoms with Gasteiger partial charge in [-0.3, -0.25) is 4.79 Å². The lowest BCUT2D eigenvalue weighted by molar-refractivity contribution is -0.137. The second-order valence-corrected chi connectivity index (χ2v) is 7.19. The van der Waals surface area contributed by atoms with Gasteiger partial charge in [0, 0.05) is 11.6 Å². The van der Waals surface area contributed by atoms with Crippen molar-refractivity contribution in [2.45, 2.75) is 30.0 Å². The van der Waals surface area contributed by atoms with E-state index in [0.29, 0.717) is 0 Å². The summed E-state index contributed by atoms with van der Waals surface area (Å²) in [6, 6.07) is 4.72. The van der Waals surface area contributed by atoms with Crippen molar-refractivity contribution in [3.05, 3.63) is 29.8 Å². The molecule has 0 radical (unpaired) electrons. The summed E-state index contributed by atoms with van der Waals surface area (Å²) in [7, 11) is 0. The van der Waals surface area contributed by atoms with Crippen LogP contribution >= 0.6 is 34.8 Å². The molecule has 0 unspecified atom stereocenters. The summed E-state index contributed by atoms with van der Waals surface area (Å²) in [6.07, 6.45) is -5.90. The molecule has 3 nitrogen and oxygen atoms in total. The molecule has 0 bridgehead atoms. The zero-order chi connectivity index (χ0) is 17.1. The summed E-state index contributed by atoms with van der Waals surface area (Å²) >= 11 is 17.2. The Morgan fingerprint density at radius 2 is 1.68 bits per heavy atom. The maximum absolute atomic E-state index is 13.0. The highest BCUT2D eigenvalue weighted by atomic mass is 35.6. The highest BCUT2D eigenvalue weighted by Crippen LogP contribution is 2.37. The van der Waals surface area contributed by atoms with Crippen molar-refractivity contribution in [2.75, 3.05) is 5.32 Å². The minimum Gasteiger partial charge on any atom is -0.361 e. The van der Waals surface area contributed by atoms with Gasteiger partial charge in [-0.05, 0) is 12.1 Å². The number of hydrogen-bond acceptors (Lipinski definition) is 2. The second kappa shape index (κ2) is 7.15. The predicted molar refractivity (Wildman–Crippen MR) is 82.1 cm³/mol. The standard InChI is InChI=1S/C13H14Cl3F3N2O/c1-7(2)10(22)21-11(12(14,15)16)20-9-6-4-3-5-8(9)13(17,18)19/h3-7,11,20H,1-2H3,(H,21,22)/t11-/m0/s1. The van der Waals surface area contributed by atoms with Crippen molar-refractivity contribution in [1.29, 1.82) is 0 Å². The fraction of sp³-hybridized carbons (Fsp3) is 0.462. The van der Waals surface area contributed by atoms with E-state index in [4.69, 9.17) is 34.8 Å². The van der Waals surface area contributed by atoms with Gasteiger partial charge in [0.1, 0.15) is 6.17 Å². The molecule has 0 spiro atoms. The number of alkyl halides is 6. The molecule has 0 fully saturated rings. The van der Waals surface area contributed by atoms with Crippen molar-refractivity contribution < 1.29 is 18.0 Å². The van der Waals surface area contributed by atoms with Crippen LogP contribution in [-0.4, -0.2) is 15.9 Å². The Morgan fingerprint density at radius 3 is 2.14 bits per heavy atom. The Morgan fingerprint density at radius 1 is 1.14 bits per heavy atom. The number of hydrogen-bond donors (Lipinski definition) is 2. The molecule has 0 saturated carbocycles. The van der Waals surface area contributed by atoms with E-state index < -0.39 is 33.5 Å². The fourth-order valence-corrected chi connectivity index (χ4v) is 1.85. The van der Waals surface area contributed by atoms with Gasteiger partial charge in [0.15, 0.2) is 0 Å². The lowest BCUT2D eigenvalue weighted by Gasteiger charge is -2.29. The summed E-state index contributed by atoms with van der Waals surface area (Å²) in [5, 5.41) is 4.80. The van der Waals surface area contributed by atoms with Crippen molar-refractivity contribution in [2.24, 2.45) is 5.92 Å². The number of nitrogens with one attached hydrogen (secondary N) is 2. The highest BCUT2D eigenvalue weighted by Gasteiger charge is 2.38. The molecule has 1 aromatic carbocycles. The highest BCUT2D eigenvalue weighted by molar-refractivity contribution is 6.68. The molecule has 0 aliphatic carbocycles. The summed E-state index contributed by atoms with van der Waals surface area (Å²) in [6.45, 7) is 3.21. The normalized spacial score (nSPS) is 13.9. The Balaban J connectivity index is 3.09. The largest absolute Gasteiger partial charge is 0.418 e. The van der Waals surface area contributed by atoms with Crippen LogP contribution in [0.25, 0.3) is 0 Å². The first-order valence-electron chi connectivity index (χ1n) is 6.22. The zero-order valence-corrected chi connectivity index (χ0v) is 13.9. The zero-order valence-electron chi connectivity index (χ0n) is 11.6. The average molecular weight is 378 g/mol. The van der Waals surface area contributed by atoms with Crippen molar-refractivity contribution >= 4 is 46.4 Å². The van der Waals surface area contributed by atoms with Crippen LogP contribution in [0.1, 0.15) is 19.4 Å². The average Bonchev–Trinajstić information content (AvgIpc) is 2.35. The van der Waals surface area contributed by atoms with Gasteiger partial charge in [0.2, 0.25) is 9.70 Å². The monoisotopic (exact) mass is 376 g/mol. The van der Waals surface area contributed by atoms with E-state index in [-0.39, 0.29) is 5.69 Å². The van der Waals surface area contributed by atoms with E-state index >= 15 is 0 Å². The lowest BCUT2D eigenvalue weighted by atomic mass is 10.1. The van der Waals surface area contributed by atoms with Crippen LogP contribution in [-0.2, 0) is 11.0 Å². The molecule has 22 heavy (non-hydrogen) atoms. The number of anilines is 1. The van der Waals surface area contributed by atoms with Crippen LogP contribution < -0.4 is 10.6 Å². The Labute approximate surface area is 141 Å². The number of carbonyl (C=O) groups is 1. The first kappa shape index (κ1) is 19.2. The van der Waals surface area contributed by atoms with Crippen LogP contribution in [0.5, 0.6) is 0 Å². The van der Waals surface area contributed by atoms with E-state index in [0.717, 1.165) is 6.07 Å². The molecular weight excluding hydrogens is 364 g/mol. The van der Waals surface area contributed by atoms with Gasteiger partial charge in [0.25, 0.3) is 0 Å². The topological polar surface area (TPSA) is 41.1 Å². The van der Waals surface area contributed by atoms with Gasteiger partial charge in [-0.25, -0.2) is 0 Å². The van der Waals surface area contributed by atoms with Crippen molar-refractivity contribution in [3.8, 4) is 0 Å². The van der Waals surface area contributed by atoms with E-state index in [1.807, 2.05) is 0 Å². The van der Waals surface area contributed by atoms with Crippen molar-refractivity contribution in [1.82, 2.24) is 5.32 Å². The molecule has 0 aliphatic rings. The molecule has 2 N–H and O–H groups in total. The van der Waals surface area contributed by atoms with Gasteiger partial charge >= 0.3 is 6.18 Å². The van der Waals surface area contributed by atoms with Crippen LogP contribution in [0, 0.1) is 5.92 Å². The molecule has 0 heterocycles. The third-order valence-corrected chi connectivity index (χ3v) is 3.33. The molecule has 1 amide bonds. The molecule has 0 aliphatic heterocycles. The van der Waals surface area contributed by atoms with Crippen LogP contribution in [0.3, 0.4) is 0 Å². The minimum atomic E-state index is -4.58. The SMILES string of the molecule is CC(C)C(=O)N[C@H](Nc1ccccc1C(F)(F)F)C(Cl)(Cl)Cl. The molecule has 9 heteroatoms. The number of halogens is 6. The summed E-state index contributed by atoms with van der Waals surface area (Å²) in [4.78, 5) is 11.7. The maximum Gasteiger partial charge on any atom is 0.418 e. The quantitative estimate of drug-likeness (QED) is 0.595. The van der Waals surface area contributed by atoms with Crippen LogP contribution in [0.4, 0.5) is 18.9 Å². The van der Waals surface area contributed by atoms with Crippen molar-refractivity contribution in [3.63, 3.8) is 0 Å². The smallest absolute Gasteiger partial charge is 0.361 e. The molecular formula is C13H14Cl3F3N2O. The second-order valence-electron chi connectivity index (χ2n) is 4.83.